The van der Waals surface area contributed by atoms with Crippen molar-refractivity contribution in [3.05, 3.63) is 103 Å². The lowest BCUT2D eigenvalue weighted by atomic mass is 9.96. The molecule has 0 spiro atoms. The fraction of sp³-hybridized carbons (Fsp3) is 0.385. The third-order valence-corrected chi connectivity index (χ3v) is 10.1. The monoisotopic (exact) mass is 725 g/mol. The van der Waals surface area contributed by atoms with Crippen LogP contribution in [0.2, 0.25) is 0 Å². The van der Waals surface area contributed by atoms with Crippen LogP contribution in [-0.2, 0) is 20.8 Å². The molecule has 4 amide bonds. The molecule has 274 valence electrons. The zero-order chi connectivity index (χ0) is 37.3. The van der Waals surface area contributed by atoms with Gasteiger partial charge in [-0.05, 0) is 69.9 Å². The van der Waals surface area contributed by atoms with Crippen LogP contribution in [0.15, 0.2) is 96.2 Å². The number of thioether (sulfide) groups is 1. The van der Waals surface area contributed by atoms with Crippen molar-refractivity contribution in [2.75, 3.05) is 13.1 Å². The lowest BCUT2D eigenvalue weighted by Gasteiger charge is -2.41. The first kappa shape index (κ1) is 38.4. The minimum absolute atomic E-state index is 0.0758. The summed E-state index contributed by atoms with van der Waals surface area (Å²) >= 11 is 1.71. The van der Waals surface area contributed by atoms with Crippen molar-refractivity contribution in [1.29, 1.82) is 0 Å². The second kappa shape index (κ2) is 17.6. The van der Waals surface area contributed by atoms with Gasteiger partial charge < -0.3 is 26.8 Å². The van der Waals surface area contributed by atoms with Gasteiger partial charge in [-0.15, -0.1) is 11.8 Å². The molecule has 52 heavy (non-hydrogen) atoms. The Labute approximate surface area is 308 Å². The number of nitrogens with one attached hydrogen (secondary N) is 3. The molecule has 13 heteroatoms. The summed E-state index contributed by atoms with van der Waals surface area (Å²) in [6.45, 7) is 6.43. The van der Waals surface area contributed by atoms with Gasteiger partial charge in [0.1, 0.15) is 11.7 Å². The summed E-state index contributed by atoms with van der Waals surface area (Å²) in [6.07, 6.45) is 3.51. The van der Waals surface area contributed by atoms with Crippen molar-refractivity contribution in [3.8, 4) is 0 Å². The molecule has 0 radical (unpaired) electrons. The summed E-state index contributed by atoms with van der Waals surface area (Å²) in [5, 5.41) is 21.5. The van der Waals surface area contributed by atoms with Gasteiger partial charge in [-0.3, -0.25) is 29.1 Å². The molecule has 0 saturated carbocycles. The number of pyridine rings is 2. The molecule has 3 heterocycles. The Balaban J connectivity index is 1.34. The normalized spacial score (nSPS) is 18.2. The standard InChI is InChI=1S/C39H47N7O5S/c1-39(2,3)45-38(51)33-22-28(52-27-15-18-41-19-16-27)17-20-46(33)24-34(47)31(21-25-9-5-4-6-10-25)43-37(50)32(23-35(40)48)44-36(49)30-14-13-26-11-7-8-12-29(26)42-30/h4-16,18-19,28,31-34,47H,17,20-24H2,1-3H3,(H2,40,48)(H,43,50)(H,44,49)(H,45,51)/t28-,31+,32+,33+,34-/m1/s1. The molecular formula is C39H47N7O5S. The maximum Gasteiger partial charge on any atom is 0.270 e. The van der Waals surface area contributed by atoms with Crippen LogP contribution in [0.1, 0.15) is 56.1 Å². The first-order chi connectivity index (χ1) is 24.8. The van der Waals surface area contributed by atoms with E-state index < -0.39 is 53.9 Å². The molecule has 1 fully saturated rings. The van der Waals surface area contributed by atoms with Gasteiger partial charge in [0.05, 0.1) is 30.1 Å². The Kier molecular flexibility index (Phi) is 13.0. The number of hydrogen-bond donors (Lipinski definition) is 5. The zero-order valence-corrected chi connectivity index (χ0v) is 30.5. The third-order valence-electron chi connectivity index (χ3n) is 8.79. The average Bonchev–Trinajstić information content (AvgIpc) is 3.11. The number of carbonyl (C=O) groups excluding carboxylic acids is 4. The fourth-order valence-corrected chi connectivity index (χ4v) is 7.44. The number of hydrogen-bond acceptors (Lipinski definition) is 9. The molecule has 5 atom stereocenters. The summed E-state index contributed by atoms with van der Waals surface area (Å²) in [7, 11) is 0. The maximum atomic E-state index is 13.9. The van der Waals surface area contributed by atoms with Gasteiger partial charge in [-0.1, -0.05) is 54.6 Å². The van der Waals surface area contributed by atoms with Crippen molar-refractivity contribution < 1.29 is 24.3 Å². The van der Waals surface area contributed by atoms with Gasteiger partial charge in [-0.25, -0.2) is 4.98 Å². The Morgan fingerprint density at radius 1 is 0.962 bits per heavy atom. The molecule has 1 aliphatic rings. The van der Waals surface area contributed by atoms with Crippen LogP contribution < -0.4 is 21.7 Å². The second-order valence-corrected chi connectivity index (χ2v) is 15.5. The van der Waals surface area contributed by atoms with E-state index >= 15 is 0 Å². The number of fused-ring (bicyclic) bond motifs is 1. The summed E-state index contributed by atoms with van der Waals surface area (Å²) in [4.78, 5) is 64.5. The van der Waals surface area contributed by atoms with Crippen LogP contribution >= 0.6 is 11.8 Å². The van der Waals surface area contributed by atoms with Crippen molar-refractivity contribution in [1.82, 2.24) is 30.8 Å². The first-order valence-corrected chi connectivity index (χ1v) is 18.3. The highest BCUT2D eigenvalue weighted by Crippen LogP contribution is 2.33. The van der Waals surface area contributed by atoms with Crippen LogP contribution in [0.4, 0.5) is 0 Å². The minimum atomic E-state index is -1.32. The largest absolute Gasteiger partial charge is 0.390 e. The van der Waals surface area contributed by atoms with E-state index in [2.05, 4.69) is 25.9 Å². The molecule has 0 bridgehead atoms. The van der Waals surface area contributed by atoms with Crippen LogP contribution in [0.3, 0.4) is 0 Å². The molecule has 4 aromatic rings. The van der Waals surface area contributed by atoms with Gasteiger partial charge in [0, 0.05) is 46.6 Å². The number of para-hydroxylation sites is 1. The van der Waals surface area contributed by atoms with Crippen LogP contribution in [0, 0.1) is 0 Å². The zero-order valence-electron chi connectivity index (χ0n) is 29.7. The summed E-state index contributed by atoms with van der Waals surface area (Å²) in [6, 6.07) is 21.2. The average molecular weight is 726 g/mol. The Hall–Kier alpha value is -4.85. The first-order valence-electron chi connectivity index (χ1n) is 17.4. The van der Waals surface area contributed by atoms with Crippen LogP contribution in [0.5, 0.6) is 0 Å². The highest BCUT2D eigenvalue weighted by atomic mass is 32.2. The maximum absolute atomic E-state index is 13.9. The number of nitrogens with zero attached hydrogens (tertiary/aromatic N) is 3. The summed E-state index contributed by atoms with van der Waals surface area (Å²) in [5.74, 6) is -2.24. The number of aliphatic hydroxyl groups excluding tert-OH is 1. The van der Waals surface area contributed by atoms with E-state index in [-0.39, 0.29) is 29.8 Å². The number of likely N-dealkylation sites (tertiary alicyclic amines) is 1. The fourth-order valence-electron chi connectivity index (χ4n) is 6.28. The van der Waals surface area contributed by atoms with Gasteiger partial charge in [-0.2, -0.15) is 0 Å². The van der Waals surface area contributed by atoms with Crippen molar-refractivity contribution in [2.45, 2.75) is 86.4 Å². The SMILES string of the molecule is CC(C)(C)NC(=O)[C@@H]1C[C@H](Sc2ccncc2)CCN1C[C@@H](O)[C@H](Cc1ccccc1)NC(=O)[C@H](CC(N)=O)NC(=O)c1ccc2ccccc2n1. The quantitative estimate of drug-likeness (QED) is 0.131. The summed E-state index contributed by atoms with van der Waals surface area (Å²) < 4.78 is 0. The Morgan fingerprint density at radius 3 is 2.38 bits per heavy atom. The molecular weight excluding hydrogens is 679 g/mol. The highest BCUT2D eigenvalue weighted by Gasteiger charge is 2.38. The van der Waals surface area contributed by atoms with E-state index in [0.29, 0.717) is 18.5 Å². The second-order valence-electron chi connectivity index (χ2n) is 14.2. The Morgan fingerprint density at radius 2 is 1.67 bits per heavy atom. The minimum Gasteiger partial charge on any atom is -0.390 e. The van der Waals surface area contributed by atoms with E-state index in [1.54, 1.807) is 42.4 Å². The van der Waals surface area contributed by atoms with Crippen molar-refractivity contribution >= 4 is 46.3 Å². The number of aromatic nitrogens is 2. The van der Waals surface area contributed by atoms with Gasteiger partial charge in [0.25, 0.3) is 5.91 Å². The molecule has 6 N–H and O–H groups in total. The number of rotatable bonds is 14. The van der Waals surface area contributed by atoms with E-state index in [1.165, 1.54) is 0 Å². The van der Waals surface area contributed by atoms with Gasteiger partial charge >= 0.3 is 0 Å². The molecule has 12 nitrogen and oxygen atoms in total. The van der Waals surface area contributed by atoms with Crippen molar-refractivity contribution in [2.24, 2.45) is 5.73 Å². The van der Waals surface area contributed by atoms with Crippen LogP contribution in [-0.4, -0.2) is 91.7 Å². The molecule has 0 unspecified atom stereocenters. The smallest absolute Gasteiger partial charge is 0.270 e. The van der Waals surface area contributed by atoms with Crippen molar-refractivity contribution in [3.63, 3.8) is 0 Å². The van der Waals surface area contributed by atoms with E-state index in [9.17, 15) is 24.3 Å². The number of β-amino-alcohol motifs (C(OH)–C–C–N with tert-alkyl or cyclic N) is 1. The number of aliphatic hydroxyl groups is 1. The molecule has 2 aromatic carbocycles. The van der Waals surface area contributed by atoms with Gasteiger partial charge in [0.2, 0.25) is 17.7 Å². The van der Waals surface area contributed by atoms with E-state index in [0.717, 1.165) is 22.3 Å². The number of primary amides is 1. The number of benzene rings is 2. The predicted octanol–water partition coefficient (Wildman–Crippen LogP) is 3.23. The predicted molar refractivity (Wildman–Crippen MR) is 201 cm³/mol. The number of piperidine rings is 1. The number of carbonyl (C=O) groups is 4. The molecule has 1 aliphatic heterocycles. The Bertz CT molecular complexity index is 1840. The third kappa shape index (κ3) is 11.1. The summed E-state index contributed by atoms with van der Waals surface area (Å²) in [5.41, 5.74) is 6.60. The molecule has 2 aromatic heterocycles. The van der Waals surface area contributed by atoms with Crippen LogP contribution in [0.25, 0.3) is 10.9 Å². The topological polar surface area (TPSA) is 180 Å². The molecule has 0 aliphatic carbocycles. The lowest BCUT2D eigenvalue weighted by Crippen LogP contribution is -2.60. The van der Waals surface area contributed by atoms with E-state index in [1.807, 2.05) is 86.3 Å². The number of amides is 4. The molecule has 5 rings (SSSR count). The van der Waals surface area contributed by atoms with Gasteiger partial charge in [0.15, 0.2) is 0 Å². The highest BCUT2D eigenvalue weighted by molar-refractivity contribution is 8.00. The number of nitrogens with two attached hydrogens (primary N) is 1. The molecule has 1 saturated heterocycles. The van der Waals surface area contributed by atoms with E-state index in [4.69, 9.17) is 5.73 Å². The lowest BCUT2D eigenvalue weighted by molar-refractivity contribution is -0.130.